The lowest BCUT2D eigenvalue weighted by molar-refractivity contribution is 0.103. The van der Waals surface area contributed by atoms with Crippen molar-refractivity contribution in [3.63, 3.8) is 0 Å². The van der Waals surface area contributed by atoms with E-state index >= 15 is 0 Å². The van der Waals surface area contributed by atoms with Gasteiger partial charge in [-0.05, 0) is 51.5 Å². The summed E-state index contributed by atoms with van der Waals surface area (Å²) >= 11 is 4.13. The molecule has 0 aliphatic heterocycles. The van der Waals surface area contributed by atoms with Crippen LogP contribution in [0.5, 0.6) is 0 Å². The lowest BCUT2D eigenvalue weighted by Crippen LogP contribution is -2.05. The van der Waals surface area contributed by atoms with Crippen molar-refractivity contribution in [2.24, 2.45) is 0 Å². The molecule has 0 radical (unpaired) electrons. The molecule has 18 heavy (non-hydrogen) atoms. The van der Waals surface area contributed by atoms with Crippen molar-refractivity contribution in [3.05, 3.63) is 55.7 Å². The number of thiophene rings is 1. The Balaban J connectivity index is 2.50. The highest BCUT2D eigenvalue weighted by atomic mass is 79.9. The average Bonchev–Trinajstić information content (AvgIpc) is 2.81. The first-order valence-corrected chi connectivity index (χ1v) is 6.97. The van der Waals surface area contributed by atoms with E-state index in [4.69, 9.17) is 0 Å². The van der Waals surface area contributed by atoms with E-state index < -0.39 is 17.4 Å². The molecule has 0 unspecified atom stereocenters. The second-order valence-corrected chi connectivity index (χ2v) is 5.47. The number of hydrogen-bond donors (Lipinski definition) is 0. The highest BCUT2D eigenvalue weighted by molar-refractivity contribution is 9.10. The van der Waals surface area contributed by atoms with E-state index in [-0.39, 0.29) is 10.0 Å². The summed E-state index contributed by atoms with van der Waals surface area (Å²) < 4.78 is 27.1. The molecule has 1 aromatic carbocycles. The standard InChI is InChI=1S/C13H9BrF2OS/c1-2-7-3-4-18-13(7)12(17)8-5-11(16)9(14)6-10(8)15/h3-6H,2H2,1H3. The van der Waals surface area contributed by atoms with Crippen LogP contribution in [0.2, 0.25) is 0 Å². The number of carbonyl (C=O) groups excluding carboxylic acids is 1. The molecule has 0 N–H and O–H groups in total. The molecule has 1 aromatic heterocycles. The molecule has 2 rings (SSSR count). The number of ketones is 1. The Morgan fingerprint density at radius 3 is 2.72 bits per heavy atom. The van der Waals surface area contributed by atoms with Gasteiger partial charge in [0.15, 0.2) is 0 Å². The van der Waals surface area contributed by atoms with Gasteiger partial charge in [-0.3, -0.25) is 4.79 Å². The number of carbonyl (C=O) groups is 1. The van der Waals surface area contributed by atoms with Gasteiger partial charge in [0.1, 0.15) is 11.6 Å². The van der Waals surface area contributed by atoms with E-state index in [0.717, 1.165) is 17.7 Å². The van der Waals surface area contributed by atoms with Crippen LogP contribution in [0.1, 0.15) is 27.7 Å². The molecule has 1 heterocycles. The quantitative estimate of drug-likeness (QED) is 0.594. The van der Waals surface area contributed by atoms with Crippen LogP contribution in [-0.4, -0.2) is 5.78 Å². The van der Waals surface area contributed by atoms with Gasteiger partial charge in [-0.2, -0.15) is 0 Å². The van der Waals surface area contributed by atoms with E-state index in [0.29, 0.717) is 11.3 Å². The highest BCUT2D eigenvalue weighted by Crippen LogP contribution is 2.25. The Kier molecular flexibility index (Phi) is 3.92. The van der Waals surface area contributed by atoms with Crippen molar-refractivity contribution in [1.29, 1.82) is 0 Å². The van der Waals surface area contributed by atoms with Crippen LogP contribution in [0.15, 0.2) is 28.1 Å². The maximum absolute atomic E-state index is 13.7. The van der Waals surface area contributed by atoms with Crippen molar-refractivity contribution in [2.75, 3.05) is 0 Å². The number of hydrogen-bond acceptors (Lipinski definition) is 2. The average molecular weight is 331 g/mol. The molecule has 2 aromatic rings. The molecule has 0 bridgehead atoms. The predicted octanol–water partition coefficient (Wildman–Crippen LogP) is 4.58. The minimum Gasteiger partial charge on any atom is -0.288 e. The van der Waals surface area contributed by atoms with E-state index in [1.54, 1.807) is 5.38 Å². The Bertz CT molecular complexity index is 607. The van der Waals surface area contributed by atoms with Crippen LogP contribution in [0.3, 0.4) is 0 Å². The van der Waals surface area contributed by atoms with Crippen LogP contribution < -0.4 is 0 Å². The van der Waals surface area contributed by atoms with Crippen LogP contribution in [0.25, 0.3) is 0 Å². The fraction of sp³-hybridized carbons (Fsp3) is 0.154. The molecular weight excluding hydrogens is 322 g/mol. The van der Waals surface area contributed by atoms with E-state index in [2.05, 4.69) is 15.9 Å². The number of halogens is 3. The van der Waals surface area contributed by atoms with Gasteiger partial charge in [0, 0.05) is 0 Å². The van der Waals surface area contributed by atoms with E-state index in [1.165, 1.54) is 11.3 Å². The minimum atomic E-state index is -0.719. The molecule has 1 nitrogen and oxygen atoms in total. The molecule has 94 valence electrons. The van der Waals surface area contributed by atoms with Gasteiger partial charge in [-0.1, -0.05) is 6.92 Å². The summed E-state index contributed by atoms with van der Waals surface area (Å²) in [7, 11) is 0. The summed E-state index contributed by atoms with van der Waals surface area (Å²) in [5.74, 6) is -1.83. The summed E-state index contributed by atoms with van der Waals surface area (Å²) in [4.78, 5) is 12.6. The first kappa shape index (κ1) is 13.4. The second kappa shape index (κ2) is 5.28. The van der Waals surface area contributed by atoms with Crippen LogP contribution in [0.4, 0.5) is 8.78 Å². The Hall–Kier alpha value is -1.07. The van der Waals surface area contributed by atoms with Gasteiger partial charge < -0.3 is 0 Å². The van der Waals surface area contributed by atoms with Gasteiger partial charge >= 0.3 is 0 Å². The topological polar surface area (TPSA) is 17.1 Å². The summed E-state index contributed by atoms with van der Waals surface area (Å²) in [6.07, 6.45) is 0.686. The monoisotopic (exact) mass is 330 g/mol. The zero-order valence-electron chi connectivity index (χ0n) is 9.47. The fourth-order valence-electron chi connectivity index (χ4n) is 1.63. The molecule has 0 aliphatic rings. The van der Waals surface area contributed by atoms with Crippen LogP contribution in [0, 0.1) is 11.6 Å². The van der Waals surface area contributed by atoms with Gasteiger partial charge in [0.2, 0.25) is 5.78 Å². The smallest absolute Gasteiger partial charge is 0.206 e. The predicted molar refractivity (Wildman–Crippen MR) is 71.2 cm³/mol. The third-order valence-electron chi connectivity index (χ3n) is 2.59. The molecule has 0 aliphatic carbocycles. The van der Waals surface area contributed by atoms with Gasteiger partial charge in [-0.25, -0.2) is 8.78 Å². The van der Waals surface area contributed by atoms with Crippen molar-refractivity contribution < 1.29 is 13.6 Å². The Labute approximate surface area is 116 Å². The first-order chi connectivity index (χ1) is 8.54. The zero-order valence-corrected chi connectivity index (χ0v) is 11.9. The SMILES string of the molecule is CCc1ccsc1C(=O)c1cc(F)c(Br)cc1F. The fourth-order valence-corrected chi connectivity index (χ4v) is 2.90. The number of benzene rings is 1. The normalized spacial score (nSPS) is 10.7. The maximum atomic E-state index is 13.7. The summed E-state index contributed by atoms with van der Waals surface area (Å²) in [5.41, 5.74) is 0.626. The summed E-state index contributed by atoms with van der Waals surface area (Å²) in [6, 6.07) is 3.73. The van der Waals surface area contributed by atoms with Crippen molar-refractivity contribution in [1.82, 2.24) is 0 Å². The minimum absolute atomic E-state index is 0.0124. The molecule has 0 saturated carbocycles. The summed E-state index contributed by atoms with van der Waals surface area (Å²) in [6.45, 7) is 1.91. The molecule has 0 spiro atoms. The van der Waals surface area contributed by atoms with Crippen molar-refractivity contribution in [3.8, 4) is 0 Å². The third kappa shape index (κ3) is 2.37. The first-order valence-electron chi connectivity index (χ1n) is 5.30. The highest BCUT2D eigenvalue weighted by Gasteiger charge is 2.20. The van der Waals surface area contributed by atoms with E-state index in [1.807, 2.05) is 13.0 Å². The molecule has 0 saturated heterocycles. The van der Waals surface area contributed by atoms with Crippen molar-refractivity contribution >= 4 is 33.0 Å². The van der Waals surface area contributed by atoms with Gasteiger partial charge in [-0.15, -0.1) is 11.3 Å². The lowest BCUT2D eigenvalue weighted by atomic mass is 10.1. The molecule has 0 atom stereocenters. The van der Waals surface area contributed by atoms with Crippen LogP contribution >= 0.6 is 27.3 Å². The van der Waals surface area contributed by atoms with Crippen LogP contribution in [-0.2, 0) is 6.42 Å². The lowest BCUT2D eigenvalue weighted by Gasteiger charge is -2.04. The Morgan fingerprint density at radius 2 is 2.06 bits per heavy atom. The number of rotatable bonds is 3. The zero-order chi connectivity index (χ0) is 13.3. The van der Waals surface area contributed by atoms with Gasteiger partial charge in [0.05, 0.1) is 14.9 Å². The number of aryl methyl sites for hydroxylation is 1. The molecule has 0 fully saturated rings. The van der Waals surface area contributed by atoms with Gasteiger partial charge in [0.25, 0.3) is 0 Å². The summed E-state index contributed by atoms with van der Waals surface area (Å²) in [5, 5.41) is 1.78. The molecule has 5 heteroatoms. The largest absolute Gasteiger partial charge is 0.288 e. The third-order valence-corrected chi connectivity index (χ3v) is 4.15. The van der Waals surface area contributed by atoms with Crippen molar-refractivity contribution in [2.45, 2.75) is 13.3 Å². The molecular formula is C13H9BrF2OS. The van der Waals surface area contributed by atoms with E-state index in [9.17, 15) is 13.6 Å². The Morgan fingerprint density at radius 1 is 1.33 bits per heavy atom. The second-order valence-electron chi connectivity index (χ2n) is 3.70. The maximum Gasteiger partial charge on any atom is 0.206 e. The molecule has 0 amide bonds.